The van der Waals surface area contributed by atoms with E-state index in [9.17, 15) is 8.78 Å². The van der Waals surface area contributed by atoms with Crippen molar-refractivity contribution < 1.29 is 8.78 Å². The zero-order valence-corrected chi connectivity index (χ0v) is 6.62. The third-order valence-corrected chi connectivity index (χ3v) is 1.72. The Kier molecular flexibility index (Phi) is 2.22. The summed E-state index contributed by atoms with van der Waals surface area (Å²) in [6.45, 7) is 3.21. The molecule has 60 valence electrons. The van der Waals surface area contributed by atoms with Gasteiger partial charge in [-0.05, 0) is 19.9 Å². The van der Waals surface area contributed by atoms with Crippen molar-refractivity contribution in [2.75, 3.05) is 0 Å². The molecule has 0 atom stereocenters. The maximum absolute atomic E-state index is 12.9. The number of rotatable bonds is 0. The summed E-state index contributed by atoms with van der Waals surface area (Å²) in [4.78, 5) is 0. The molecule has 0 saturated heterocycles. The molecule has 11 heavy (non-hydrogen) atoms. The Hall–Kier alpha value is -0.920. The van der Waals surface area contributed by atoms with Crippen molar-refractivity contribution in [3.05, 3.63) is 35.0 Å². The van der Waals surface area contributed by atoms with Crippen molar-refractivity contribution in [3.63, 3.8) is 0 Å². The summed E-state index contributed by atoms with van der Waals surface area (Å²) in [5.74, 6) is -0.843. The molecule has 0 spiro atoms. The van der Waals surface area contributed by atoms with E-state index in [4.69, 9.17) is 0 Å². The highest BCUT2D eigenvalue weighted by atomic mass is 19.1. The van der Waals surface area contributed by atoms with Gasteiger partial charge in [0.05, 0.1) is 0 Å². The standard InChI is InChI=1S/C9H10F2/c1-6-3-4-8(10)7(2)9(11)5-6/h3,5H,4H2,1-2H3. The van der Waals surface area contributed by atoms with Crippen molar-refractivity contribution in [1.82, 2.24) is 0 Å². The monoisotopic (exact) mass is 156 g/mol. The minimum absolute atomic E-state index is 0.123. The zero-order valence-electron chi connectivity index (χ0n) is 6.62. The summed E-state index contributed by atoms with van der Waals surface area (Å²) in [5.41, 5.74) is 0.896. The number of hydrogen-bond donors (Lipinski definition) is 0. The lowest BCUT2D eigenvalue weighted by molar-refractivity contribution is 0.582. The Morgan fingerprint density at radius 2 is 1.91 bits per heavy atom. The maximum atomic E-state index is 12.9. The van der Waals surface area contributed by atoms with Crippen molar-refractivity contribution in [3.8, 4) is 0 Å². The van der Waals surface area contributed by atoms with Crippen molar-refractivity contribution >= 4 is 0 Å². The summed E-state index contributed by atoms with van der Waals surface area (Å²) in [6, 6.07) is 0. The van der Waals surface area contributed by atoms with E-state index >= 15 is 0 Å². The summed E-state index contributed by atoms with van der Waals surface area (Å²) in [5, 5.41) is 0. The van der Waals surface area contributed by atoms with Crippen LogP contribution in [0.2, 0.25) is 0 Å². The van der Waals surface area contributed by atoms with Crippen LogP contribution in [0.3, 0.4) is 0 Å². The summed E-state index contributed by atoms with van der Waals surface area (Å²) in [7, 11) is 0. The van der Waals surface area contributed by atoms with Gasteiger partial charge in [-0.1, -0.05) is 11.6 Å². The van der Waals surface area contributed by atoms with E-state index in [2.05, 4.69) is 0 Å². The van der Waals surface area contributed by atoms with E-state index in [1.165, 1.54) is 13.0 Å². The van der Waals surface area contributed by atoms with Gasteiger partial charge in [-0.2, -0.15) is 0 Å². The van der Waals surface area contributed by atoms with Crippen LogP contribution in [0, 0.1) is 0 Å². The van der Waals surface area contributed by atoms with Gasteiger partial charge in [0.2, 0.25) is 0 Å². The van der Waals surface area contributed by atoms with Gasteiger partial charge in [-0.25, -0.2) is 8.78 Å². The molecular weight excluding hydrogens is 146 g/mol. The van der Waals surface area contributed by atoms with Crippen LogP contribution in [0.15, 0.2) is 35.0 Å². The molecule has 0 fully saturated rings. The van der Waals surface area contributed by atoms with E-state index in [0.29, 0.717) is 0 Å². The highest BCUT2D eigenvalue weighted by Gasteiger charge is 2.08. The molecule has 0 bridgehead atoms. The molecule has 0 N–H and O–H groups in total. The fourth-order valence-electron chi connectivity index (χ4n) is 0.900. The normalized spacial score (nSPS) is 19.3. The Morgan fingerprint density at radius 1 is 1.27 bits per heavy atom. The molecule has 0 amide bonds. The Balaban J connectivity index is 3.05. The molecule has 0 nitrogen and oxygen atoms in total. The molecular formula is C9H10F2. The molecule has 1 rings (SSSR count). The minimum Gasteiger partial charge on any atom is -0.211 e. The molecule has 0 unspecified atom stereocenters. The van der Waals surface area contributed by atoms with Crippen LogP contribution in [-0.4, -0.2) is 0 Å². The zero-order chi connectivity index (χ0) is 8.43. The number of halogens is 2. The first-order chi connectivity index (χ1) is 5.11. The van der Waals surface area contributed by atoms with E-state index in [-0.39, 0.29) is 17.8 Å². The molecule has 0 aromatic heterocycles. The molecule has 0 aliphatic heterocycles. The number of hydrogen-bond acceptors (Lipinski definition) is 0. The van der Waals surface area contributed by atoms with Crippen LogP contribution in [0.25, 0.3) is 0 Å². The molecule has 0 heterocycles. The lowest BCUT2D eigenvalue weighted by atomic mass is 10.2. The predicted molar refractivity (Wildman–Crippen MR) is 41.4 cm³/mol. The Labute approximate surface area is 64.9 Å². The van der Waals surface area contributed by atoms with E-state index < -0.39 is 5.83 Å². The van der Waals surface area contributed by atoms with Gasteiger partial charge in [0.15, 0.2) is 0 Å². The second kappa shape index (κ2) is 2.99. The summed E-state index contributed by atoms with van der Waals surface area (Å²) < 4.78 is 25.7. The second-order valence-corrected chi connectivity index (χ2v) is 2.67. The van der Waals surface area contributed by atoms with Crippen molar-refractivity contribution in [2.45, 2.75) is 20.3 Å². The second-order valence-electron chi connectivity index (χ2n) is 2.67. The first kappa shape index (κ1) is 8.18. The largest absolute Gasteiger partial charge is 0.211 e. The third kappa shape index (κ3) is 1.76. The number of allylic oxidation sites excluding steroid dienone is 6. The molecule has 0 radical (unpaired) electrons. The quantitative estimate of drug-likeness (QED) is 0.504. The fraction of sp³-hybridized carbons (Fsp3) is 0.333. The maximum Gasteiger partial charge on any atom is 0.128 e. The van der Waals surface area contributed by atoms with E-state index in [1.54, 1.807) is 13.0 Å². The van der Waals surface area contributed by atoms with Gasteiger partial charge in [0.1, 0.15) is 11.7 Å². The van der Waals surface area contributed by atoms with Crippen molar-refractivity contribution in [2.24, 2.45) is 0 Å². The first-order valence-corrected chi connectivity index (χ1v) is 3.51. The highest BCUT2D eigenvalue weighted by Crippen LogP contribution is 2.24. The van der Waals surface area contributed by atoms with Crippen LogP contribution in [0.5, 0.6) is 0 Å². The molecule has 0 saturated carbocycles. The van der Waals surface area contributed by atoms with E-state index in [0.717, 1.165) is 5.57 Å². The van der Waals surface area contributed by atoms with Crippen LogP contribution in [-0.2, 0) is 0 Å². The van der Waals surface area contributed by atoms with Crippen LogP contribution < -0.4 is 0 Å². The molecule has 2 heteroatoms. The average Bonchev–Trinajstić information content (AvgIpc) is 2.05. The SMILES string of the molecule is CC1=CCC(F)=C(C)C(F)=C1. The topological polar surface area (TPSA) is 0 Å². The summed E-state index contributed by atoms with van der Waals surface area (Å²) >= 11 is 0. The van der Waals surface area contributed by atoms with Crippen LogP contribution >= 0.6 is 0 Å². The first-order valence-electron chi connectivity index (χ1n) is 3.51. The van der Waals surface area contributed by atoms with Gasteiger partial charge in [-0.3, -0.25) is 0 Å². The smallest absolute Gasteiger partial charge is 0.128 e. The summed E-state index contributed by atoms with van der Waals surface area (Å²) in [6.07, 6.45) is 3.23. The lowest BCUT2D eigenvalue weighted by Crippen LogP contribution is -1.80. The van der Waals surface area contributed by atoms with E-state index in [1.807, 2.05) is 0 Å². The van der Waals surface area contributed by atoms with Crippen molar-refractivity contribution in [1.29, 1.82) is 0 Å². The van der Waals surface area contributed by atoms with Gasteiger partial charge in [0, 0.05) is 12.0 Å². The van der Waals surface area contributed by atoms with Gasteiger partial charge >= 0.3 is 0 Å². The van der Waals surface area contributed by atoms with Gasteiger partial charge in [-0.15, -0.1) is 0 Å². The fourth-order valence-corrected chi connectivity index (χ4v) is 0.900. The third-order valence-electron chi connectivity index (χ3n) is 1.72. The Bertz CT molecular complexity index is 257. The lowest BCUT2D eigenvalue weighted by Gasteiger charge is -1.95. The molecule has 1 aliphatic carbocycles. The molecule has 0 aromatic rings. The Morgan fingerprint density at radius 3 is 2.55 bits per heavy atom. The van der Waals surface area contributed by atoms with Crippen LogP contribution in [0.1, 0.15) is 20.3 Å². The van der Waals surface area contributed by atoms with Gasteiger partial charge in [0.25, 0.3) is 0 Å². The average molecular weight is 156 g/mol. The minimum atomic E-state index is -0.464. The highest BCUT2D eigenvalue weighted by molar-refractivity contribution is 5.36. The van der Waals surface area contributed by atoms with Crippen LogP contribution in [0.4, 0.5) is 8.78 Å². The van der Waals surface area contributed by atoms with Gasteiger partial charge < -0.3 is 0 Å². The molecule has 0 aromatic carbocycles. The molecule has 1 aliphatic rings. The predicted octanol–water partition coefficient (Wildman–Crippen LogP) is 3.43.